The SMILES string of the molecule is O=C(COc1cccc(Cl)c1Cl)N/N=C\c1ccc(OC(=O)c2ccccc2)cc1. The summed E-state index contributed by atoms with van der Waals surface area (Å²) in [5.41, 5.74) is 3.52. The fraction of sp³-hybridized carbons (Fsp3) is 0.0455. The molecule has 0 atom stereocenters. The predicted octanol–water partition coefficient (Wildman–Crippen LogP) is 4.74. The summed E-state index contributed by atoms with van der Waals surface area (Å²) in [5, 5.41) is 4.44. The Bertz CT molecular complexity index is 1050. The van der Waals surface area contributed by atoms with Crippen molar-refractivity contribution >= 4 is 41.3 Å². The van der Waals surface area contributed by atoms with Crippen LogP contribution in [0, 0.1) is 0 Å². The van der Waals surface area contributed by atoms with E-state index in [4.69, 9.17) is 32.7 Å². The van der Waals surface area contributed by atoms with Gasteiger partial charge in [0.25, 0.3) is 5.91 Å². The van der Waals surface area contributed by atoms with Crippen LogP contribution in [0.2, 0.25) is 10.0 Å². The summed E-state index contributed by atoms with van der Waals surface area (Å²) < 4.78 is 10.6. The van der Waals surface area contributed by atoms with Gasteiger partial charge in [-0.15, -0.1) is 0 Å². The Hall–Kier alpha value is -3.35. The van der Waals surface area contributed by atoms with Gasteiger partial charge >= 0.3 is 5.97 Å². The van der Waals surface area contributed by atoms with Gasteiger partial charge in [-0.1, -0.05) is 47.5 Å². The van der Waals surface area contributed by atoms with Crippen LogP contribution in [0.1, 0.15) is 15.9 Å². The normalized spacial score (nSPS) is 10.6. The Morgan fingerprint density at radius 1 is 0.933 bits per heavy atom. The summed E-state index contributed by atoms with van der Waals surface area (Å²) in [5.74, 6) is -0.194. The second kappa shape index (κ2) is 10.4. The number of ether oxygens (including phenoxy) is 2. The predicted molar refractivity (Wildman–Crippen MR) is 116 cm³/mol. The topological polar surface area (TPSA) is 77.0 Å². The van der Waals surface area contributed by atoms with Gasteiger partial charge in [-0.25, -0.2) is 10.2 Å². The summed E-state index contributed by atoms with van der Waals surface area (Å²) in [6.07, 6.45) is 1.45. The van der Waals surface area contributed by atoms with Crippen molar-refractivity contribution in [1.82, 2.24) is 5.43 Å². The molecule has 152 valence electrons. The van der Waals surface area contributed by atoms with Crippen molar-refractivity contribution in [2.45, 2.75) is 0 Å². The lowest BCUT2D eigenvalue weighted by Gasteiger charge is -2.07. The third-order valence-corrected chi connectivity index (χ3v) is 4.58. The van der Waals surface area contributed by atoms with Crippen molar-refractivity contribution in [3.8, 4) is 11.5 Å². The van der Waals surface area contributed by atoms with Gasteiger partial charge in [0.05, 0.1) is 16.8 Å². The molecule has 0 saturated carbocycles. The molecule has 3 aromatic rings. The number of hydrazone groups is 1. The van der Waals surface area contributed by atoms with E-state index in [1.165, 1.54) is 6.21 Å². The van der Waals surface area contributed by atoms with Crippen LogP contribution in [0.15, 0.2) is 77.9 Å². The maximum atomic E-state index is 12.0. The third-order valence-electron chi connectivity index (χ3n) is 3.78. The van der Waals surface area contributed by atoms with Crippen molar-refractivity contribution in [1.29, 1.82) is 0 Å². The number of esters is 1. The monoisotopic (exact) mass is 442 g/mol. The number of benzene rings is 3. The van der Waals surface area contributed by atoms with Gasteiger partial charge in [0.2, 0.25) is 0 Å². The number of hydrogen-bond acceptors (Lipinski definition) is 5. The average molecular weight is 443 g/mol. The Kier molecular flexibility index (Phi) is 7.43. The smallest absolute Gasteiger partial charge is 0.343 e. The molecule has 0 aromatic heterocycles. The van der Waals surface area contributed by atoms with E-state index < -0.39 is 11.9 Å². The first-order chi connectivity index (χ1) is 14.5. The van der Waals surface area contributed by atoms with E-state index in [9.17, 15) is 9.59 Å². The van der Waals surface area contributed by atoms with Crippen molar-refractivity contribution < 1.29 is 19.1 Å². The van der Waals surface area contributed by atoms with Crippen LogP contribution >= 0.6 is 23.2 Å². The molecular formula is C22H16Cl2N2O4. The summed E-state index contributed by atoms with van der Waals surface area (Å²) >= 11 is 11.9. The van der Waals surface area contributed by atoms with Crippen molar-refractivity contribution in [3.05, 3.63) is 94.0 Å². The minimum Gasteiger partial charge on any atom is -0.482 e. The Balaban J connectivity index is 1.47. The highest BCUT2D eigenvalue weighted by Crippen LogP contribution is 2.31. The first-order valence-corrected chi connectivity index (χ1v) is 9.54. The lowest BCUT2D eigenvalue weighted by atomic mass is 10.2. The molecule has 1 N–H and O–H groups in total. The molecule has 3 rings (SSSR count). The van der Waals surface area contributed by atoms with E-state index >= 15 is 0 Å². The number of nitrogens with zero attached hydrogens (tertiary/aromatic N) is 1. The van der Waals surface area contributed by atoms with E-state index in [0.29, 0.717) is 27.6 Å². The summed E-state index contributed by atoms with van der Waals surface area (Å²) in [4.78, 5) is 23.9. The standard InChI is InChI=1S/C22H16Cl2N2O4/c23-18-7-4-8-19(21(18)24)29-14-20(27)26-25-13-15-9-11-17(12-10-15)30-22(28)16-5-2-1-3-6-16/h1-13H,14H2,(H,26,27)/b25-13-. The molecule has 0 fully saturated rings. The molecule has 1 amide bonds. The van der Waals surface area contributed by atoms with Gasteiger partial charge in [0, 0.05) is 0 Å². The van der Waals surface area contributed by atoms with Gasteiger partial charge in [-0.3, -0.25) is 4.79 Å². The summed E-state index contributed by atoms with van der Waals surface area (Å²) in [6, 6.07) is 20.3. The maximum Gasteiger partial charge on any atom is 0.343 e. The Morgan fingerprint density at radius 3 is 2.40 bits per heavy atom. The van der Waals surface area contributed by atoms with Crippen LogP contribution < -0.4 is 14.9 Å². The highest BCUT2D eigenvalue weighted by Gasteiger charge is 2.08. The summed E-state index contributed by atoms with van der Waals surface area (Å²) in [7, 11) is 0. The second-order valence-electron chi connectivity index (χ2n) is 5.96. The van der Waals surface area contributed by atoms with Crippen LogP contribution in [-0.4, -0.2) is 24.7 Å². The second-order valence-corrected chi connectivity index (χ2v) is 6.74. The molecule has 0 saturated heterocycles. The number of amides is 1. The molecule has 0 unspecified atom stereocenters. The largest absolute Gasteiger partial charge is 0.482 e. The van der Waals surface area contributed by atoms with Crippen LogP contribution in [0.25, 0.3) is 0 Å². The number of hydrogen-bond donors (Lipinski definition) is 1. The molecule has 6 nitrogen and oxygen atoms in total. The molecule has 0 radical (unpaired) electrons. The molecule has 0 spiro atoms. The zero-order chi connectivity index (χ0) is 21.3. The molecule has 0 heterocycles. The zero-order valence-electron chi connectivity index (χ0n) is 15.5. The number of carbonyl (C=O) groups is 2. The number of carbonyl (C=O) groups excluding carboxylic acids is 2. The molecule has 0 aliphatic rings. The van der Waals surface area contributed by atoms with E-state index in [1.54, 1.807) is 66.7 Å². The number of halogens is 2. The van der Waals surface area contributed by atoms with E-state index in [1.807, 2.05) is 6.07 Å². The quantitative estimate of drug-likeness (QED) is 0.248. The molecule has 3 aromatic carbocycles. The van der Waals surface area contributed by atoms with Crippen LogP contribution in [-0.2, 0) is 4.79 Å². The van der Waals surface area contributed by atoms with Crippen molar-refractivity contribution in [2.24, 2.45) is 5.10 Å². The minimum atomic E-state index is -0.462. The highest BCUT2D eigenvalue weighted by molar-refractivity contribution is 6.42. The Labute approximate surface area is 183 Å². The van der Waals surface area contributed by atoms with Gasteiger partial charge < -0.3 is 9.47 Å². The van der Waals surface area contributed by atoms with Crippen LogP contribution in [0.4, 0.5) is 0 Å². The highest BCUT2D eigenvalue weighted by atomic mass is 35.5. The lowest BCUT2D eigenvalue weighted by molar-refractivity contribution is -0.123. The van der Waals surface area contributed by atoms with E-state index in [0.717, 1.165) is 0 Å². The molecule has 0 aliphatic carbocycles. The number of nitrogens with one attached hydrogen (secondary N) is 1. The minimum absolute atomic E-state index is 0.239. The number of rotatable bonds is 7. The summed E-state index contributed by atoms with van der Waals surface area (Å²) in [6.45, 7) is -0.272. The van der Waals surface area contributed by atoms with Gasteiger partial charge in [0.15, 0.2) is 6.61 Å². The van der Waals surface area contributed by atoms with Crippen LogP contribution in [0.5, 0.6) is 11.5 Å². The first kappa shape index (κ1) is 21.4. The first-order valence-electron chi connectivity index (χ1n) is 8.79. The Morgan fingerprint density at radius 2 is 1.67 bits per heavy atom. The van der Waals surface area contributed by atoms with E-state index in [-0.39, 0.29) is 11.6 Å². The van der Waals surface area contributed by atoms with Crippen molar-refractivity contribution in [2.75, 3.05) is 6.61 Å². The molecule has 0 aliphatic heterocycles. The molecular weight excluding hydrogens is 427 g/mol. The van der Waals surface area contributed by atoms with E-state index in [2.05, 4.69) is 10.5 Å². The van der Waals surface area contributed by atoms with Crippen molar-refractivity contribution in [3.63, 3.8) is 0 Å². The lowest BCUT2D eigenvalue weighted by Crippen LogP contribution is -2.24. The van der Waals surface area contributed by atoms with Gasteiger partial charge in [-0.05, 0) is 54.1 Å². The zero-order valence-corrected chi connectivity index (χ0v) is 17.1. The molecule has 0 bridgehead atoms. The molecule has 8 heteroatoms. The van der Waals surface area contributed by atoms with Crippen LogP contribution in [0.3, 0.4) is 0 Å². The maximum absolute atomic E-state index is 12.0. The molecule has 30 heavy (non-hydrogen) atoms. The average Bonchev–Trinajstić information content (AvgIpc) is 2.76. The fourth-order valence-electron chi connectivity index (χ4n) is 2.31. The third kappa shape index (κ3) is 6.07. The fourth-order valence-corrected chi connectivity index (χ4v) is 2.66. The van der Waals surface area contributed by atoms with Gasteiger partial charge in [0.1, 0.15) is 16.5 Å². The van der Waals surface area contributed by atoms with Gasteiger partial charge in [-0.2, -0.15) is 5.10 Å².